The first-order valence-corrected chi connectivity index (χ1v) is 4.51. The van der Waals surface area contributed by atoms with Gasteiger partial charge < -0.3 is 5.32 Å². The second kappa shape index (κ2) is 4.50. The van der Waals surface area contributed by atoms with Crippen molar-refractivity contribution in [1.82, 2.24) is 10.2 Å². The number of hydrogen-bond acceptors (Lipinski definition) is 3. The predicted molar refractivity (Wildman–Crippen MR) is 50.8 cm³/mol. The number of aromatic nitrogens is 2. The summed E-state index contributed by atoms with van der Waals surface area (Å²) in [6.45, 7) is 1.00. The van der Waals surface area contributed by atoms with E-state index in [1.165, 1.54) is 19.2 Å². The molecule has 0 aliphatic rings. The van der Waals surface area contributed by atoms with Crippen LogP contribution in [0.15, 0.2) is 12.3 Å². The Bertz CT molecular complexity index is 306. The van der Waals surface area contributed by atoms with E-state index >= 15 is 0 Å². The van der Waals surface area contributed by atoms with Gasteiger partial charge in [0.05, 0.1) is 18.4 Å². The largest absolute Gasteiger partial charge is 0.378 e. The number of anilines is 1. The molecular weight excluding hydrogens is 212 g/mol. The summed E-state index contributed by atoms with van der Waals surface area (Å²) in [4.78, 5) is 0. The second-order valence-electron chi connectivity index (χ2n) is 2.83. The van der Waals surface area contributed by atoms with E-state index in [4.69, 9.17) is 11.6 Å². The van der Waals surface area contributed by atoms with Gasteiger partial charge in [0.1, 0.15) is 0 Å². The van der Waals surface area contributed by atoms with E-state index in [1.54, 1.807) is 0 Å². The molecule has 0 aromatic carbocycles. The fraction of sp³-hybridized carbons (Fsp3) is 0.500. The molecule has 1 aromatic rings. The summed E-state index contributed by atoms with van der Waals surface area (Å²) in [6.07, 6.45) is 1.14. The van der Waals surface area contributed by atoms with Crippen LogP contribution in [-0.2, 0) is 0 Å². The summed E-state index contributed by atoms with van der Waals surface area (Å²) in [7, 11) is 0. The Morgan fingerprint density at radius 1 is 1.57 bits per heavy atom. The Labute approximate surface area is 85.5 Å². The molecule has 3 nitrogen and oxygen atoms in total. The molecule has 1 rings (SSSR count). The van der Waals surface area contributed by atoms with Crippen molar-refractivity contribution >= 4 is 17.3 Å². The maximum atomic E-state index is 12.8. The Kier molecular flexibility index (Phi) is 3.57. The van der Waals surface area contributed by atoms with Gasteiger partial charge in [0.15, 0.2) is 5.15 Å². The number of nitrogens with one attached hydrogen (secondary N) is 1. The molecule has 0 saturated carbocycles. The minimum absolute atomic E-state index is 0.176. The molecule has 0 aliphatic carbocycles. The number of halogens is 3. The quantitative estimate of drug-likeness (QED) is 0.849. The van der Waals surface area contributed by atoms with Crippen molar-refractivity contribution in [2.75, 3.05) is 11.9 Å². The Balaban J connectivity index is 2.54. The van der Waals surface area contributed by atoms with Gasteiger partial charge in [-0.15, -0.1) is 5.10 Å². The van der Waals surface area contributed by atoms with Gasteiger partial charge in [0.25, 0.3) is 5.92 Å². The fourth-order valence-corrected chi connectivity index (χ4v) is 0.955. The van der Waals surface area contributed by atoms with E-state index < -0.39 is 12.5 Å². The Hall–Kier alpha value is -0.970. The van der Waals surface area contributed by atoms with E-state index in [0.717, 1.165) is 0 Å². The highest BCUT2D eigenvalue weighted by atomic mass is 35.5. The first kappa shape index (κ1) is 11.1. The van der Waals surface area contributed by atoms with Crippen molar-refractivity contribution in [2.24, 2.45) is 0 Å². The molecule has 0 amide bonds. The highest BCUT2D eigenvalue weighted by Gasteiger charge is 2.25. The fourth-order valence-electron chi connectivity index (χ4n) is 0.794. The molecule has 0 spiro atoms. The summed E-state index contributed by atoms with van der Waals surface area (Å²) in [5.41, 5.74) is 0.443. The SMILES string of the molecule is CCC(F)(F)CNc1cnnc(Cl)c1. The molecule has 0 radical (unpaired) electrons. The Morgan fingerprint density at radius 3 is 2.86 bits per heavy atom. The topological polar surface area (TPSA) is 37.8 Å². The first-order chi connectivity index (χ1) is 6.53. The predicted octanol–water partition coefficient (Wildman–Crippen LogP) is 2.59. The van der Waals surface area contributed by atoms with Crippen LogP contribution >= 0.6 is 11.6 Å². The lowest BCUT2D eigenvalue weighted by Crippen LogP contribution is -2.26. The second-order valence-corrected chi connectivity index (χ2v) is 3.22. The number of nitrogens with zero attached hydrogens (tertiary/aromatic N) is 2. The van der Waals surface area contributed by atoms with E-state index in [-0.39, 0.29) is 11.6 Å². The molecule has 6 heteroatoms. The highest BCUT2D eigenvalue weighted by Crippen LogP contribution is 2.19. The lowest BCUT2D eigenvalue weighted by molar-refractivity contribution is 0.0116. The summed E-state index contributed by atoms with van der Waals surface area (Å²) < 4.78 is 25.6. The van der Waals surface area contributed by atoms with Crippen molar-refractivity contribution < 1.29 is 8.78 Å². The van der Waals surface area contributed by atoms with Gasteiger partial charge >= 0.3 is 0 Å². The molecule has 0 unspecified atom stereocenters. The molecule has 1 N–H and O–H groups in total. The van der Waals surface area contributed by atoms with Crippen molar-refractivity contribution in [3.05, 3.63) is 17.4 Å². The first-order valence-electron chi connectivity index (χ1n) is 4.13. The van der Waals surface area contributed by atoms with Crippen LogP contribution in [0.2, 0.25) is 5.15 Å². The third-order valence-electron chi connectivity index (χ3n) is 1.69. The standard InChI is InChI=1S/C8H10ClF2N3/c1-2-8(10,11)5-12-6-3-7(9)14-13-4-6/h3-4H,2,5H2,1H3,(H,12,14). The number of alkyl halides is 2. The zero-order chi connectivity index (χ0) is 10.6. The van der Waals surface area contributed by atoms with Crippen LogP contribution < -0.4 is 5.32 Å². The third kappa shape index (κ3) is 3.41. The molecular formula is C8H10ClF2N3. The molecule has 0 saturated heterocycles. The van der Waals surface area contributed by atoms with Gasteiger partial charge in [0, 0.05) is 12.5 Å². The van der Waals surface area contributed by atoms with Crippen LogP contribution in [0.5, 0.6) is 0 Å². The van der Waals surface area contributed by atoms with Gasteiger partial charge in [-0.1, -0.05) is 18.5 Å². The van der Waals surface area contributed by atoms with Crippen LogP contribution in [0.25, 0.3) is 0 Å². The van der Waals surface area contributed by atoms with E-state index in [0.29, 0.717) is 5.69 Å². The lowest BCUT2D eigenvalue weighted by atomic mass is 10.2. The van der Waals surface area contributed by atoms with Crippen molar-refractivity contribution in [3.63, 3.8) is 0 Å². The van der Waals surface area contributed by atoms with Gasteiger partial charge in [-0.2, -0.15) is 5.10 Å². The van der Waals surface area contributed by atoms with Gasteiger partial charge in [-0.05, 0) is 0 Å². The van der Waals surface area contributed by atoms with Crippen LogP contribution in [0.3, 0.4) is 0 Å². The van der Waals surface area contributed by atoms with Crippen molar-refractivity contribution in [1.29, 1.82) is 0 Å². The summed E-state index contributed by atoms with van der Waals surface area (Å²) in [5, 5.41) is 9.73. The maximum absolute atomic E-state index is 12.8. The van der Waals surface area contributed by atoms with E-state index in [2.05, 4.69) is 15.5 Å². The zero-order valence-electron chi connectivity index (χ0n) is 7.60. The van der Waals surface area contributed by atoms with Crippen LogP contribution in [0.4, 0.5) is 14.5 Å². The van der Waals surface area contributed by atoms with E-state index in [9.17, 15) is 8.78 Å². The molecule has 78 valence electrons. The van der Waals surface area contributed by atoms with Crippen molar-refractivity contribution in [2.45, 2.75) is 19.3 Å². The normalized spacial score (nSPS) is 11.4. The van der Waals surface area contributed by atoms with Gasteiger partial charge in [-0.25, -0.2) is 8.78 Å². The Morgan fingerprint density at radius 2 is 2.29 bits per heavy atom. The molecule has 0 atom stereocenters. The van der Waals surface area contributed by atoms with E-state index in [1.807, 2.05) is 0 Å². The van der Waals surface area contributed by atoms with Crippen LogP contribution in [-0.4, -0.2) is 22.7 Å². The maximum Gasteiger partial charge on any atom is 0.264 e. The summed E-state index contributed by atoms with van der Waals surface area (Å²) in [5.74, 6) is -2.71. The minimum Gasteiger partial charge on any atom is -0.378 e. The van der Waals surface area contributed by atoms with Crippen LogP contribution in [0, 0.1) is 0 Å². The zero-order valence-corrected chi connectivity index (χ0v) is 8.35. The monoisotopic (exact) mass is 221 g/mol. The lowest BCUT2D eigenvalue weighted by Gasteiger charge is -2.15. The van der Waals surface area contributed by atoms with Crippen molar-refractivity contribution in [3.8, 4) is 0 Å². The molecule has 0 aliphatic heterocycles. The average Bonchev–Trinajstić information content (AvgIpc) is 2.15. The molecule has 1 heterocycles. The smallest absolute Gasteiger partial charge is 0.264 e. The minimum atomic E-state index is -2.71. The molecule has 0 bridgehead atoms. The molecule has 14 heavy (non-hydrogen) atoms. The summed E-state index contributed by atoms with van der Waals surface area (Å²) >= 11 is 5.53. The third-order valence-corrected chi connectivity index (χ3v) is 1.88. The number of rotatable bonds is 4. The number of hydrogen-bond donors (Lipinski definition) is 1. The van der Waals surface area contributed by atoms with Gasteiger partial charge in [0.2, 0.25) is 0 Å². The molecule has 1 aromatic heterocycles. The summed E-state index contributed by atoms with van der Waals surface area (Å²) in [6, 6.07) is 1.44. The highest BCUT2D eigenvalue weighted by molar-refractivity contribution is 6.29. The molecule has 0 fully saturated rings. The van der Waals surface area contributed by atoms with Crippen LogP contribution in [0.1, 0.15) is 13.3 Å². The van der Waals surface area contributed by atoms with Gasteiger partial charge in [-0.3, -0.25) is 0 Å². The average molecular weight is 222 g/mol.